The molecule has 3 amide bonds. The third-order valence-electron chi connectivity index (χ3n) is 5.13. The molecule has 0 radical (unpaired) electrons. The minimum absolute atomic E-state index is 0.0736. The summed E-state index contributed by atoms with van der Waals surface area (Å²) in [6.45, 7) is 5.90. The van der Waals surface area contributed by atoms with Crippen molar-refractivity contribution in [3.63, 3.8) is 0 Å². The molecule has 1 fully saturated rings. The number of rotatable bonds is 7. The molecule has 30 heavy (non-hydrogen) atoms. The summed E-state index contributed by atoms with van der Waals surface area (Å²) in [5.74, 6) is 0.0736. The second-order valence-electron chi connectivity index (χ2n) is 7.28. The first-order valence-corrected chi connectivity index (χ1v) is 10.6. The summed E-state index contributed by atoms with van der Waals surface area (Å²) in [5.41, 5.74) is 3.10. The molecular formula is C23H28ClN3O3. The van der Waals surface area contributed by atoms with Gasteiger partial charge >= 0.3 is 6.03 Å². The molecule has 3 rings (SSSR count). The first-order chi connectivity index (χ1) is 14.5. The van der Waals surface area contributed by atoms with Crippen molar-refractivity contribution in [2.45, 2.75) is 26.5 Å². The van der Waals surface area contributed by atoms with Gasteiger partial charge in [0, 0.05) is 44.4 Å². The van der Waals surface area contributed by atoms with Gasteiger partial charge in [-0.15, -0.1) is 0 Å². The molecule has 2 aromatic rings. The normalized spacial score (nSPS) is 13.9. The van der Waals surface area contributed by atoms with Gasteiger partial charge < -0.3 is 19.9 Å². The number of hydrogen-bond donors (Lipinski definition) is 1. The number of hydrogen-bond acceptors (Lipinski definition) is 3. The summed E-state index contributed by atoms with van der Waals surface area (Å²) in [6.07, 6.45) is 0.350. The summed E-state index contributed by atoms with van der Waals surface area (Å²) >= 11 is 5.89. The molecule has 1 aliphatic heterocycles. The van der Waals surface area contributed by atoms with E-state index in [1.165, 1.54) is 0 Å². The molecule has 6 nitrogen and oxygen atoms in total. The number of urea groups is 1. The Morgan fingerprint density at radius 1 is 0.900 bits per heavy atom. The Hall–Kier alpha value is -2.57. The van der Waals surface area contributed by atoms with Crippen molar-refractivity contribution in [3.05, 3.63) is 70.2 Å². The maximum absolute atomic E-state index is 12.5. The van der Waals surface area contributed by atoms with E-state index >= 15 is 0 Å². The van der Waals surface area contributed by atoms with Crippen molar-refractivity contribution in [2.24, 2.45) is 0 Å². The molecule has 1 heterocycles. The monoisotopic (exact) mass is 429 g/mol. The number of piperazine rings is 1. The third-order valence-corrected chi connectivity index (χ3v) is 5.38. The van der Waals surface area contributed by atoms with Crippen LogP contribution in [0.3, 0.4) is 0 Å². The molecule has 0 bridgehead atoms. The molecule has 0 unspecified atom stereocenters. The van der Waals surface area contributed by atoms with Crippen LogP contribution in [0.2, 0.25) is 5.02 Å². The predicted molar refractivity (Wildman–Crippen MR) is 117 cm³/mol. The number of carbonyl (C=O) groups excluding carboxylic acids is 2. The zero-order valence-corrected chi connectivity index (χ0v) is 18.0. The van der Waals surface area contributed by atoms with Crippen LogP contribution in [-0.2, 0) is 29.1 Å². The Morgan fingerprint density at radius 3 is 2.10 bits per heavy atom. The van der Waals surface area contributed by atoms with E-state index in [-0.39, 0.29) is 11.9 Å². The summed E-state index contributed by atoms with van der Waals surface area (Å²) in [4.78, 5) is 28.5. The highest BCUT2D eigenvalue weighted by Crippen LogP contribution is 2.12. The van der Waals surface area contributed by atoms with Gasteiger partial charge in [0.2, 0.25) is 5.91 Å². The number of carbonyl (C=O) groups is 2. The molecule has 1 saturated heterocycles. The number of nitrogens with zero attached hydrogens (tertiary/aromatic N) is 2. The maximum Gasteiger partial charge on any atom is 0.317 e. The van der Waals surface area contributed by atoms with E-state index in [2.05, 4.69) is 5.32 Å². The Morgan fingerprint density at radius 2 is 1.47 bits per heavy atom. The zero-order valence-electron chi connectivity index (χ0n) is 17.3. The van der Waals surface area contributed by atoms with Crippen molar-refractivity contribution < 1.29 is 14.3 Å². The summed E-state index contributed by atoms with van der Waals surface area (Å²) in [6, 6.07) is 15.3. The maximum atomic E-state index is 12.5. The first-order valence-electron chi connectivity index (χ1n) is 10.3. The van der Waals surface area contributed by atoms with Crippen LogP contribution in [0.5, 0.6) is 0 Å². The fourth-order valence-corrected chi connectivity index (χ4v) is 3.44. The Bertz CT molecular complexity index is 832. The summed E-state index contributed by atoms with van der Waals surface area (Å²) < 4.78 is 5.39. The lowest BCUT2D eigenvalue weighted by atomic mass is 10.1. The lowest BCUT2D eigenvalue weighted by molar-refractivity contribution is -0.131. The van der Waals surface area contributed by atoms with Crippen LogP contribution in [0.1, 0.15) is 23.6 Å². The van der Waals surface area contributed by atoms with Crippen molar-refractivity contribution in [2.75, 3.05) is 32.8 Å². The standard InChI is InChI=1S/C23H28ClN3O3/c1-2-30-17-20-5-3-19(4-6-20)16-25-23(29)27-13-11-26(12-14-27)22(28)15-18-7-9-21(24)10-8-18/h3-10H,2,11-17H2,1H3,(H,25,29). The van der Waals surface area contributed by atoms with Crippen LogP contribution < -0.4 is 5.32 Å². The molecule has 1 aliphatic rings. The second-order valence-corrected chi connectivity index (χ2v) is 7.72. The largest absolute Gasteiger partial charge is 0.377 e. The summed E-state index contributed by atoms with van der Waals surface area (Å²) in [7, 11) is 0. The van der Waals surface area contributed by atoms with Crippen LogP contribution in [0.15, 0.2) is 48.5 Å². The highest BCUT2D eigenvalue weighted by Gasteiger charge is 2.24. The molecule has 7 heteroatoms. The van der Waals surface area contributed by atoms with Gasteiger partial charge in [-0.25, -0.2) is 4.79 Å². The van der Waals surface area contributed by atoms with Gasteiger partial charge in [0.25, 0.3) is 0 Å². The average molecular weight is 430 g/mol. The highest BCUT2D eigenvalue weighted by atomic mass is 35.5. The topological polar surface area (TPSA) is 61.9 Å². The SMILES string of the molecule is CCOCc1ccc(CNC(=O)N2CCN(C(=O)Cc3ccc(Cl)cc3)CC2)cc1. The van der Waals surface area contributed by atoms with E-state index in [1.807, 2.05) is 48.2 Å². The minimum atomic E-state index is -0.0989. The second kappa shape index (κ2) is 11.0. The van der Waals surface area contributed by atoms with Gasteiger partial charge in [-0.05, 0) is 35.7 Å². The van der Waals surface area contributed by atoms with Crippen LogP contribution in [0.25, 0.3) is 0 Å². The van der Waals surface area contributed by atoms with Gasteiger partial charge in [0.1, 0.15) is 0 Å². The molecule has 0 atom stereocenters. The quantitative estimate of drug-likeness (QED) is 0.733. The number of nitrogens with one attached hydrogen (secondary N) is 1. The van der Waals surface area contributed by atoms with Gasteiger partial charge in [-0.1, -0.05) is 48.0 Å². The number of ether oxygens (including phenoxy) is 1. The smallest absolute Gasteiger partial charge is 0.317 e. The highest BCUT2D eigenvalue weighted by molar-refractivity contribution is 6.30. The fraction of sp³-hybridized carbons (Fsp3) is 0.391. The third kappa shape index (κ3) is 6.47. The molecule has 1 N–H and O–H groups in total. The van der Waals surface area contributed by atoms with Crippen molar-refractivity contribution in [1.29, 1.82) is 0 Å². The molecule has 2 aromatic carbocycles. The Kier molecular flexibility index (Phi) is 8.11. The fourth-order valence-electron chi connectivity index (χ4n) is 3.31. The molecule has 0 saturated carbocycles. The van der Waals surface area contributed by atoms with E-state index in [0.717, 1.165) is 16.7 Å². The van der Waals surface area contributed by atoms with E-state index in [1.54, 1.807) is 17.0 Å². The molecule has 160 valence electrons. The predicted octanol–water partition coefficient (Wildman–Crippen LogP) is 3.47. The molecule has 0 aliphatic carbocycles. The van der Waals surface area contributed by atoms with E-state index in [9.17, 15) is 9.59 Å². The van der Waals surface area contributed by atoms with Crippen LogP contribution in [-0.4, -0.2) is 54.5 Å². The summed E-state index contributed by atoms with van der Waals surface area (Å²) in [5, 5.41) is 3.62. The number of amides is 3. The van der Waals surface area contributed by atoms with Crippen molar-refractivity contribution in [3.8, 4) is 0 Å². The van der Waals surface area contributed by atoms with Crippen LogP contribution in [0, 0.1) is 0 Å². The van der Waals surface area contributed by atoms with Crippen LogP contribution >= 0.6 is 11.6 Å². The first kappa shape index (κ1) is 22.1. The number of halogens is 1. The van der Waals surface area contributed by atoms with Crippen molar-refractivity contribution in [1.82, 2.24) is 15.1 Å². The van der Waals surface area contributed by atoms with E-state index < -0.39 is 0 Å². The zero-order chi connectivity index (χ0) is 21.3. The molecule has 0 aromatic heterocycles. The van der Waals surface area contributed by atoms with Gasteiger partial charge in [-0.3, -0.25) is 4.79 Å². The average Bonchev–Trinajstić information content (AvgIpc) is 2.78. The lowest BCUT2D eigenvalue weighted by Crippen LogP contribution is -2.53. The van der Waals surface area contributed by atoms with Crippen molar-refractivity contribution >= 4 is 23.5 Å². The number of benzene rings is 2. The van der Waals surface area contributed by atoms with Crippen LogP contribution in [0.4, 0.5) is 4.79 Å². The van der Waals surface area contributed by atoms with E-state index in [0.29, 0.717) is 57.4 Å². The molecule has 0 spiro atoms. The van der Waals surface area contributed by atoms with E-state index in [4.69, 9.17) is 16.3 Å². The lowest BCUT2D eigenvalue weighted by Gasteiger charge is -2.34. The van der Waals surface area contributed by atoms with Gasteiger partial charge in [0.15, 0.2) is 0 Å². The van der Waals surface area contributed by atoms with Gasteiger partial charge in [0.05, 0.1) is 13.0 Å². The Balaban J connectivity index is 1.40. The van der Waals surface area contributed by atoms with Gasteiger partial charge in [-0.2, -0.15) is 0 Å². The Labute approximate surface area is 182 Å². The molecular weight excluding hydrogens is 402 g/mol. The minimum Gasteiger partial charge on any atom is -0.377 e.